The van der Waals surface area contributed by atoms with E-state index in [4.69, 9.17) is 51.5 Å². The quantitative estimate of drug-likeness (QED) is 0.00602. The molecule has 0 unspecified atom stereocenters. The maximum Gasteiger partial charge on any atom is 0.350 e. The molecule has 0 spiro atoms. The Labute approximate surface area is 600 Å². The first kappa shape index (κ1) is 77.0. The van der Waals surface area contributed by atoms with Crippen molar-refractivity contribution >= 4 is 82.6 Å². The van der Waals surface area contributed by atoms with Gasteiger partial charge in [0.2, 0.25) is 23.8 Å². The number of rotatable bonds is 29. The van der Waals surface area contributed by atoms with Gasteiger partial charge in [-0.05, 0) is 78.8 Å². The molecule has 10 N–H and O–H groups in total. The van der Waals surface area contributed by atoms with Crippen molar-refractivity contribution in [2.75, 3.05) is 19.0 Å². The number of nitrogens with one attached hydrogen (secondary N) is 4. The minimum atomic E-state index is -2.60. The summed E-state index contributed by atoms with van der Waals surface area (Å²) in [4.78, 5) is 163. The van der Waals surface area contributed by atoms with E-state index in [9.17, 15) is 53.4 Å². The molecule has 3 aliphatic carbocycles. The van der Waals surface area contributed by atoms with Gasteiger partial charge in [-0.25, -0.2) is 9.59 Å². The number of nitrogens with zero attached hydrogens (tertiary/aromatic N) is 1. The number of hydrogen-bond acceptors (Lipinski definition) is 20. The number of Topliss-reactive ketones (excluding diaryl/α,β-unsaturated/α-hetero) is 2. The van der Waals surface area contributed by atoms with Crippen LogP contribution in [0.1, 0.15) is 124 Å². The molecule has 27 heteroatoms. The molecule has 2 bridgehead atoms. The number of guanidine groups is 1. The van der Waals surface area contributed by atoms with E-state index in [0.29, 0.717) is 11.1 Å². The number of hydrogen-bond donors (Lipinski definition) is 8. The lowest BCUT2D eigenvalue weighted by Crippen LogP contribution is -2.82. The number of carbonyl (C=O) groups excluding carboxylic acids is 11. The van der Waals surface area contributed by atoms with Gasteiger partial charge in [0.15, 0.2) is 29.2 Å². The van der Waals surface area contributed by atoms with Gasteiger partial charge in [0.1, 0.15) is 42.0 Å². The van der Waals surface area contributed by atoms with E-state index in [1.807, 2.05) is 0 Å². The number of amides is 4. The lowest BCUT2D eigenvalue weighted by Gasteiger charge is -2.67. The Morgan fingerprint density at radius 3 is 1.77 bits per heavy atom. The van der Waals surface area contributed by atoms with E-state index in [2.05, 4.69) is 26.3 Å². The number of esters is 5. The summed E-state index contributed by atoms with van der Waals surface area (Å²) in [6, 6.07) is 35.2. The standard InChI is InChI=1S/C76H86ClN7O19/c1-43-55(40-76(97)66(102-70(95)50-31-20-11-21-32-50)64-74(6,56(88)39-57-75(64,42-98-57)103-45(3)86)65(91)62(99-44(2)85)60(43)73(76,4)5)100-71(96)63(61(48-27-16-9-17-28-48)84-67(92)49-29-18-10-19-30-49)101-59(90)35-34-58(89)81-52(37-46-23-12-7-13-24-46)68(93)83-53(38-47-25-14-8-15-26-47)69(94)82-51(54(87)41-77)33-22-36-80-72(78)79/h7-21,23-32,51-53,55-57,61-64,66,88,97H,22,33-42H2,1-6H3,(H,81,89)(H,82,94)(H,83,93)(H,84,92)(H4,78,79,80)/t51-,52-,53-,55-,56-,57+,61-,62+,63+,64-,66-,74+,75-,76+/m0/s1. The zero-order valence-electron chi connectivity index (χ0n) is 57.9. The van der Waals surface area contributed by atoms with E-state index in [1.165, 1.54) is 64.1 Å². The summed E-state index contributed by atoms with van der Waals surface area (Å²) in [6.45, 7) is 7.69. The highest BCUT2D eigenvalue weighted by Gasteiger charge is 2.78. The van der Waals surface area contributed by atoms with Gasteiger partial charge in [0.05, 0.1) is 47.9 Å². The topological polar surface area (TPSA) is 396 Å². The van der Waals surface area contributed by atoms with Crippen LogP contribution in [0, 0.1) is 16.7 Å². The number of halogens is 1. The molecule has 546 valence electrons. The van der Waals surface area contributed by atoms with Gasteiger partial charge in [-0.3, -0.25) is 48.1 Å². The summed E-state index contributed by atoms with van der Waals surface area (Å²) < 4.78 is 37.3. The molecule has 2 saturated carbocycles. The number of ether oxygens (including phenoxy) is 6. The molecule has 0 aromatic heterocycles. The van der Waals surface area contributed by atoms with Crippen molar-refractivity contribution in [2.45, 2.75) is 165 Å². The monoisotopic (exact) mass is 1440 g/mol. The van der Waals surface area contributed by atoms with Crippen LogP contribution in [-0.4, -0.2) is 166 Å². The number of aliphatic hydroxyl groups is 2. The van der Waals surface area contributed by atoms with Gasteiger partial charge in [0.25, 0.3) is 5.91 Å². The van der Waals surface area contributed by atoms with Gasteiger partial charge in [-0.1, -0.05) is 141 Å². The molecule has 5 aromatic rings. The van der Waals surface area contributed by atoms with Gasteiger partial charge >= 0.3 is 29.8 Å². The van der Waals surface area contributed by atoms with E-state index in [-0.39, 0.29) is 72.4 Å². The summed E-state index contributed by atoms with van der Waals surface area (Å²) >= 11 is 5.98. The molecule has 1 saturated heterocycles. The van der Waals surface area contributed by atoms with Gasteiger partial charge in [-0.15, -0.1) is 11.6 Å². The lowest BCUT2D eigenvalue weighted by molar-refractivity contribution is -0.346. The summed E-state index contributed by atoms with van der Waals surface area (Å²) in [5.41, 5.74) is 3.82. The molecule has 3 fully saturated rings. The molecule has 26 nitrogen and oxygen atoms in total. The second kappa shape index (κ2) is 33.3. The molecule has 4 amide bonds. The van der Waals surface area contributed by atoms with E-state index in [0.717, 1.165) is 13.8 Å². The first-order valence-corrected chi connectivity index (χ1v) is 34.4. The summed E-state index contributed by atoms with van der Waals surface area (Å²) in [5, 5.41) is 37.6. The Kier molecular flexibility index (Phi) is 24.9. The van der Waals surface area contributed by atoms with Crippen molar-refractivity contribution in [3.05, 3.63) is 191 Å². The maximum absolute atomic E-state index is 16.0. The fourth-order valence-electron chi connectivity index (χ4n) is 14.5. The van der Waals surface area contributed by atoms with Crippen LogP contribution in [0.4, 0.5) is 0 Å². The van der Waals surface area contributed by atoms with Crippen LogP contribution in [0.2, 0.25) is 0 Å². The minimum absolute atomic E-state index is 0.0158. The van der Waals surface area contributed by atoms with Crippen molar-refractivity contribution in [1.29, 1.82) is 0 Å². The smallest absolute Gasteiger partial charge is 0.350 e. The van der Waals surface area contributed by atoms with E-state index >= 15 is 9.59 Å². The average molecular weight is 1440 g/mol. The highest BCUT2D eigenvalue weighted by molar-refractivity contribution is 6.28. The lowest BCUT2D eigenvalue weighted by atomic mass is 9.44. The van der Waals surface area contributed by atoms with Crippen molar-refractivity contribution in [2.24, 2.45) is 33.2 Å². The first-order valence-electron chi connectivity index (χ1n) is 33.9. The number of aliphatic imine (C=N–C) groups is 1. The number of carbonyl (C=O) groups is 11. The molecular formula is C76H86ClN7O19. The second-order valence-electron chi connectivity index (χ2n) is 27.0. The van der Waals surface area contributed by atoms with Crippen LogP contribution < -0.4 is 32.7 Å². The van der Waals surface area contributed by atoms with Crippen LogP contribution >= 0.6 is 11.6 Å². The largest absolute Gasteiger partial charge is 0.455 e. The number of ketones is 2. The van der Waals surface area contributed by atoms with Crippen molar-refractivity contribution < 1.29 is 91.4 Å². The predicted octanol–water partition coefficient (Wildman–Crippen LogP) is 4.87. The van der Waals surface area contributed by atoms with Crippen molar-refractivity contribution in [3.63, 3.8) is 0 Å². The normalized spacial score (nSPS) is 24.4. The maximum atomic E-state index is 16.0. The average Bonchev–Trinajstić information content (AvgIpc) is 0.669. The fourth-order valence-corrected chi connectivity index (χ4v) is 14.7. The SMILES string of the molecule is CC(=O)O[C@H]1C(=O)[C@@]2(C)[C@H]([C@H](OC(=O)c3ccccc3)[C@]3(O)C[C@H](OC(=O)[C@H](OC(=O)CCC(=O)N[C@@H](Cc4ccccc4)C(=O)N[C@@H](Cc4ccccc4)C(=O)N[C@@H](CCCN=C(N)N)C(=O)CCl)[C@@H](NC(=O)c4ccccc4)c4ccccc4)C(C)=C1C3(C)C)[C@]1(OC(C)=O)CO[C@@H]1C[C@@H]2O. The molecule has 103 heavy (non-hydrogen) atoms. The molecule has 9 rings (SSSR count). The third-order valence-corrected chi connectivity index (χ3v) is 20.2. The number of alkyl halides is 1. The second-order valence-corrected chi connectivity index (χ2v) is 27.3. The van der Waals surface area contributed by atoms with Gasteiger partial charge in [-0.2, -0.15) is 0 Å². The minimum Gasteiger partial charge on any atom is -0.455 e. The van der Waals surface area contributed by atoms with E-state index in [1.54, 1.807) is 115 Å². The summed E-state index contributed by atoms with van der Waals surface area (Å²) in [7, 11) is 0. The van der Waals surface area contributed by atoms with Gasteiger partial charge in [0, 0.05) is 63.5 Å². The van der Waals surface area contributed by atoms with Crippen LogP contribution in [0.15, 0.2) is 168 Å². The Bertz CT molecular complexity index is 4010. The molecule has 5 aromatic carbocycles. The number of nitrogens with two attached hydrogens (primary N) is 2. The third-order valence-electron chi connectivity index (χ3n) is 19.9. The zero-order valence-corrected chi connectivity index (χ0v) is 58.6. The third kappa shape index (κ3) is 17.3. The zero-order chi connectivity index (χ0) is 74.6. The number of aliphatic hydroxyl groups excluding tert-OH is 1. The van der Waals surface area contributed by atoms with E-state index < -0.39 is 186 Å². The molecule has 4 aliphatic rings. The van der Waals surface area contributed by atoms with Crippen LogP contribution in [-0.2, 0) is 84.4 Å². The summed E-state index contributed by atoms with van der Waals surface area (Å²) in [5.74, 6) is -12.5. The number of benzene rings is 5. The van der Waals surface area contributed by atoms with Crippen molar-refractivity contribution in [1.82, 2.24) is 21.3 Å². The predicted molar refractivity (Wildman–Crippen MR) is 373 cm³/mol. The van der Waals surface area contributed by atoms with Crippen LogP contribution in [0.25, 0.3) is 0 Å². The molecule has 1 aliphatic heterocycles. The Hall–Kier alpha value is -10.2. The number of fused-ring (bicyclic) bond motifs is 5. The molecule has 14 atom stereocenters. The van der Waals surface area contributed by atoms with Crippen LogP contribution in [0.5, 0.6) is 0 Å². The Balaban J connectivity index is 1.06. The molecule has 0 radical (unpaired) electrons. The Morgan fingerprint density at radius 2 is 1.23 bits per heavy atom. The summed E-state index contributed by atoms with van der Waals surface area (Å²) in [6.07, 6.45) is -13.1. The Morgan fingerprint density at radius 1 is 0.689 bits per heavy atom. The highest BCUT2D eigenvalue weighted by atomic mass is 35.5. The van der Waals surface area contributed by atoms with Crippen molar-refractivity contribution in [3.8, 4) is 0 Å². The van der Waals surface area contributed by atoms with Gasteiger partial charge < -0.3 is 71.4 Å². The van der Waals surface area contributed by atoms with Crippen LogP contribution in [0.3, 0.4) is 0 Å². The first-order chi connectivity index (χ1) is 49.0. The highest BCUT2D eigenvalue weighted by Crippen LogP contribution is 2.64. The molecule has 1 heterocycles. The fraction of sp³-hybridized carbons (Fsp3) is 0.421. The molecular weight excluding hydrogens is 1350 g/mol.